The van der Waals surface area contributed by atoms with Gasteiger partial charge in [0.1, 0.15) is 17.3 Å². The van der Waals surface area contributed by atoms with Crippen LogP contribution in [0.1, 0.15) is 24.7 Å². The number of nitrogens with zero attached hydrogens (tertiary/aromatic N) is 1. The number of benzene rings is 2. The van der Waals surface area contributed by atoms with E-state index >= 15 is 0 Å². The molecule has 1 unspecified atom stereocenters. The number of halogens is 1. The van der Waals surface area contributed by atoms with E-state index < -0.39 is 4.92 Å². The Morgan fingerprint density at radius 3 is 2.62 bits per heavy atom. The average Bonchev–Trinajstić information content (AvgIpc) is 2.61. The molecule has 2 aromatic rings. The number of amides is 1. The van der Waals surface area contributed by atoms with Crippen molar-refractivity contribution in [1.29, 1.82) is 0 Å². The molecule has 6 nitrogen and oxygen atoms in total. The fraction of sp³-hybridized carbons (Fsp3) is 0.278. The van der Waals surface area contributed by atoms with Gasteiger partial charge in [-0.15, -0.1) is 11.8 Å². The number of thioether (sulfide) groups is 1. The minimum absolute atomic E-state index is 0.0170. The van der Waals surface area contributed by atoms with Gasteiger partial charge < -0.3 is 10.1 Å². The predicted molar refractivity (Wildman–Crippen MR) is 100 cm³/mol. The summed E-state index contributed by atoms with van der Waals surface area (Å²) in [5, 5.41) is 13.7. The first kappa shape index (κ1) is 19.7. The van der Waals surface area contributed by atoms with Gasteiger partial charge in [-0.25, -0.2) is 4.39 Å². The number of nitro benzene ring substituents is 1. The fourth-order valence-electron chi connectivity index (χ4n) is 2.24. The minimum Gasteiger partial charge on any atom is -0.494 e. The van der Waals surface area contributed by atoms with Crippen molar-refractivity contribution in [3.8, 4) is 5.75 Å². The molecule has 0 saturated heterocycles. The molecular formula is C18H19FN2O4S. The van der Waals surface area contributed by atoms with Gasteiger partial charge in [-0.1, -0.05) is 12.1 Å². The maximum Gasteiger partial charge on any atom is 0.296 e. The summed E-state index contributed by atoms with van der Waals surface area (Å²) in [7, 11) is 0. The van der Waals surface area contributed by atoms with Crippen molar-refractivity contribution in [1.82, 2.24) is 0 Å². The number of rotatable bonds is 8. The molecule has 0 spiro atoms. The Hall–Kier alpha value is -2.61. The van der Waals surface area contributed by atoms with Crippen molar-refractivity contribution in [3.63, 3.8) is 0 Å². The first-order valence-electron chi connectivity index (χ1n) is 7.99. The normalized spacial score (nSPS) is 11.7. The fourth-order valence-corrected chi connectivity index (χ4v) is 3.06. The Morgan fingerprint density at radius 2 is 2.00 bits per heavy atom. The molecule has 138 valence electrons. The summed E-state index contributed by atoms with van der Waals surface area (Å²) in [6.45, 7) is 4.08. The molecule has 0 aliphatic heterocycles. The summed E-state index contributed by atoms with van der Waals surface area (Å²) in [6.07, 6.45) is 0. The van der Waals surface area contributed by atoms with E-state index in [1.807, 2.05) is 6.92 Å². The predicted octanol–water partition coefficient (Wildman–Crippen LogP) is 4.57. The number of carbonyl (C=O) groups is 1. The Kier molecular flexibility index (Phi) is 6.97. The van der Waals surface area contributed by atoms with Crippen LogP contribution in [0.3, 0.4) is 0 Å². The Morgan fingerprint density at radius 1 is 1.31 bits per heavy atom. The lowest BCUT2D eigenvalue weighted by Gasteiger charge is -2.12. The quantitative estimate of drug-likeness (QED) is 0.538. The molecular weight excluding hydrogens is 359 g/mol. The lowest BCUT2D eigenvalue weighted by molar-refractivity contribution is -0.384. The van der Waals surface area contributed by atoms with Gasteiger partial charge in [0.15, 0.2) is 0 Å². The second kappa shape index (κ2) is 9.19. The van der Waals surface area contributed by atoms with Crippen LogP contribution in [-0.2, 0) is 4.79 Å². The number of hydrogen-bond donors (Lipinski definition) is 1. The molecule has 0 bridgehead atoms. The van der Waals surface area contributed by atoms with Gasteiger partial charge in [0.2, 0.25) is 5.91 Å². The van der Waals surface area contributed by atoms with Crippen molar-refractivity contribution in [2.75, 3.05) is 17.7 Å². The van der Waals surface area contributed by atoms with Gasteiger partial charge in [-0.2, -0.15) is 0 Å². The third-order valence-electron chi connectivity index (χ3n) is 3.55. The topological polar surface area (TPSA) is 81.5 Å². The zero-order valence-corrected chi connectivity index (χ0v) is 15.2. The van der Waals surface area contributed by atoms with E-state index in [1.54, 1.807) is 25.1 Å². The molecule has 0 heterocycles. The lowest BCUT2D eigenvalue weighted by atomic mass is 10.2. The van der Waals surface area contributed by atoms with Crippen molar-refractivity contribution in [2.45, 2.75) is 19.1 Å². The number of nitrogens with one attached hydrogen (secondary N) is 1. The first-order valence-corrected chi connectivity index (χ1v) is 9.03. The molecule has 26 heavy (non-hydrogen) atoms. The molecule has 0 radical (unpaired) electrons. The number of hydrogen-bond acceptors (Lipinski definition) is 5. The van der Waals surface area contributed by atoms with Crippen molar-refractivity contribution >= 4 is 29.0 Å². The van der Waals surface area contributed by atoms with Crippen molar-refractivity contribution in [3.05, 3.63) is 64.0 Å². The molecule has 1 atom stereocenters. The molecule has 0 aliphatic carbocycles. The van der Waals surface area contributed by atoms with Gasteiger partial charge in [0.25, 0.3) is 5.69 Å². The van der Waals surface area contributed by atoms with E-state index in [2.05, 4.69) is 5.32 Å². The number of carbonyl (C=O) groups excluding carboxylic acids is 1. The minimum atomic E-state index is -0.563. The van der Waals surface area contributed by atoms with Gasteiger partial charge in [0.05, 0.1) is 23.3 Å². The van der Waals surface area contributed by atoms with E-state index in [0.29, 0.717) is 12.4 Å². The summed E-state index contributed by atoms with van der Waals surface area (Å²) in [4.78, 5) is 22.8. The van der Waals surface area contributed by atoms with Crippen LogP contribution in [0.15, 0.2) is 42.5 Å². The number of nitro groups is 1. The molecule has 1 N–H and O–H groups in total. The van der Waals surface area contributed by atoms with Crippen molar-refractivity contribution in [2.24, 2.45) is 0 Å². The number of ether oxygens (including phenoxy) is 1. The van der Waals surface area contributed by atoms with Gasteiger partial charge in [-0.3, -0.25) is 14.9 Å². The highest BCUT2D eigenvalue weighted by Gasteiger charge is 2.18. The van der Waals surface area contributed by atoms with E-state index in [1.165, 1.54) is 36.0 Å². The number of anilines is 1. The lowest BCUT2D eigenvalue weighted by Crippen LogP contribution is -2.15. The average molecular weight is 378 g/mol. The summed E-state index contributed by atoms with van der Waals surface area (Å²) >= 11 is 1.36. The zero-order valence-electron chi connectivity index (χ0n) is 14.4. The second-order valence-corrected chi connectivity index (χ2v) is 6.75. The van der Waals surface area contributed by atoms with Gasteiger partial charge >= 0.3 is 0 Å². The molecule has 1 amide bonds. The molecule has 2 aromatic carbocycles. The van der Waals surface area contributed by atoms with Crippen molar-refractivity contribution < 1.29 is 18.8 Å². The SMILES string of the molecule is CCOc1ccc(NC(=O)CSC(C)c2ccc(F)cc2)c([N+](=O)[O-])c1. The Balaban J connectivity index is 1.98. The highest BCUT2D eigenvalue weighted by molar-refractivity contribution is 8.00. The third-order valence-corrected chi connectivity index (χ3v) is 4.76. The second-order valence-electron chi connectivity index (χ2n) is 5.42. The van der Waals surface area contributed by atoms with E-state index in [-0.39, 0.29) is 34.1 Å². The molecule has 0 aromatic heterocycles. The first-order chi connectivity index (χ1) is 12.4. The van der Waals surface area contributed by atoms with E-state index in [4.69, 9.17) is 4.74 Å². The van der Waals surface area contributed by atoms with Crippen LogP contribution in [-0.4, -0.2) is 23.2 Å². The summed E-state index contributed by atoms with van der Waals surface area (Å²) < 4.78 is 18.2. The van der Waals surface area contributed by atoms with Crippen LogP contribution in [0.4, 0.5) is 15.8 Å². The standard InChI is InChI=1S/C18H19FN2O4S/c1-3-25-15-8-9-16(17(10-15)21(23)24)20-18(22)11-26-12(2)13-4-6-14(19)7-5-13/h4-10,12H,3,11H2,1-2H3,(H,20,22). The monoisotopic (exact) mass is 378 g/mol. The molecule has 2 rings (SSSR count). The molecule has 0 aliphatic rings. The van der Waals surface area contributed by atoms with Crippen LogP contribution in [0.5, 0.6) is 5.75 Å². The highest BCUT2D eigenvalue weighted by Crippen LogP contribution is 2.31. The smallest absolute Gasteiger partial charge is 0.296 e. The summed E-state index contributed by atoms with van der Waals surface area (Å²) in [6, 6.07) is 10.4. The maximum absolute atomic E-state index is 13.0. The molecule has 0 saturated carbocycles. The van der Waals surface area contributed by atoms with Crippen LogP contribution in [0.2, 0.25) is 0 Å². The van der Waals surface area contributed by atoms with Gasteiger partial charge in [-0.05, 0) is 43.7 Å². The molecule has 8 heteroatoms. The summed E-state index contributed by atoms with van der Waals surface area (Å²) in [5.74, 6) is -0.178. The van der Waals surface area contributed by atoms with Crippen LogP contribution < -0.4 is 10.1 Å². The van der Waals surface area contributed by atoms with Crippen LogP contribution in [0.25, 0.3) is 0 Å². The largest absolute Gasteiger partial charge is 0.494 e. The van der Waals surface area contributed by atoms with E-state index in [9.17, 15) is 19.3 Å². The highest BCUT2D eigenvalue weighted by atomic mass is 32.2. The van der Waals surface area contributed by atoms with E-state index in [0.717, 1.165) is 5.56 Å². The summed E-state index contributed by atoms with van der Waals surface area (Å²) in [5.41, 5.74) is 0.801. The maximum atomic E-state index is 13.0. The zero-order chi connectivity index (χ0) is 19.1. The Bertz CT molecular complexity index is 783. The third kappa shape index (κ3) is 5.45. The Labute approximate surface area is 154 Å². The van der Waals surface area contributed by atoms with Crippen LogP contribution >= 0.6 is 11.8 Å². The molecule has 0 fully saturated rings. The van der Waals surface area contributed by atoms with Gasteiger partial charge in [0, 0.05) is 5.25 Å². The van der Waals surface area contributed by atoms with Crippen LogP contribution in [0, 0.1) is 15.9 Å².